The van der Waals surface area contributed by atoms with E-state index in [1.54, 1.807) is 0 Å². The predicted molar refractivity (Wildman–Crippen MR) is 127 cm³/mol. The zero-order valence-corrected chi connectivity index (χ0v) is 19.3. The Balaban J connectivity index is 1.43. The average molecular weight is 432 g/mol. The molecule has 0 unspecified atom stereocenters. The van der Waals surface area contributed by atoms with Crippen molar-refractivity contribution in [3.63, 3.8) is 0 Å². The van der Waals surface area contributed by atoms with E-state index in [-0.39, 0.29) is 11.7 Å². The molecule has 1 aliphatic heterocycles. The van der Waals surface area contributed by atoms with Gasteiger partial charge in [0.15, 0.2) is 5.78 Å². The van der Waals surface area contributed by atoms with Crippen LogP contribution in [0, 0.1) is 5.92 Å². The number of nitrogens with zero attached hydrogens (tertiary/aromatic N) is 5. The van der Waals surface area contributed by atoms with Gasteiger partial charge in [0.2, 0.25) is 0 Å². The summed E-state index contributed by atoms with van der Waals surface area (Å²) in [4.78, 5) is 29.6. The van der Waals surface area contributed by atoms with Crippen LogP contribution in [0.5, 0.6) is 0 Å². The van der Waals surface area contributed by atoms with E-state index in [2.05, 4.69) is 26.6 Å². The number of carbonyl (C=O) groups excluding carboxylic acids is 1. The summed E-state index contributed by atoms with van der Waals surface area (Å²) in [5, 5.41) is 0.957. The average Bonchev–Trinajstić information content (AvgIpc) is 3.47. The van der Waals surface area contributed by atoms with Crippen LogP contribution in [0.25, 0.3) is 11.0 Å². The quantitative estimate of drug-likeness (QED) is 0.492. The van der Waals surface area contributed by atoms with Crippen molar-refractivity contribution in [3.8, 4) is 0 Å². The van der Waals surface area contributed by atoms with Crippen LogP contribution in [0.4, 0.5) is 5.69 Å². The van der Waals surface area contributed by atoms with Gasteiger partial charge in [-0.15, -0.1) is 0 Å². The van der Waals surface area contributed by atoms with Crippen LogP contribution in [0.2, 0.25) is 0 Å². The summed E-state index contributed by atoms with van der Waals surface area (Å²) >= 11 is 0. The number of Topliss-reactive ketones (excluding diaryl/α,β-unsaturated/α-hetero) is 1. The third kappa shape index (κ3) is 4.15. The summed E-state index contributed by atoms with van der Waals surface area (Å²) in [5.41, 5.74) is 3.87. The molecule has 168 valence electrons. The van der Waals surface area contributed by atoms with E-state index >= 15 is 0 Å². The second-order valence-electron chi connectivity index (χ2n) is 9.65. The fourth-order valence-corrected chi connectivity index (χ4v) is 5.17. The molecule has 0 spiro atoms. The van der Waals surface area contributed by atoms with Gasteiger partial charge in [-0.25, -0.2) is 9.97 Å². The first-order valence-electron chi connectivity index (χ1n) is 12.2. The number of aromatic nitrogens is 4. The molecule has 0 radical (unpaired) electrons. The largest absolute Gasteiger partial charge is 0.370 e. The highest BCUT2D eigenvalue weighted by Crippen LogP contribution is 2.35. The molecule has 0 aromatic carbocycles. The number of hydrogen-bond donors (Lipinski definition) is 0. The molecule has 0 atom stereocenters. The van der Waals surface area contributed by atoms with Gasteiger partial charge in [-0.05, 0) is 50.3 Å². The number of rotatable bonds is 6. The van der Waals surface area contributed by atoms with Gasteiger partial charge < -0.3 is 9.47 Å². The smallest absolute Gasteiger partial charge is 0.181 e. The minimum Gasteiger partial charge on any atom is -0.370 e. The molecular weight excluding hydrogens is 398 g/mol. The van der Waals surface area contributed by atoms with E-state index in [1.165, 1.54) is 37.8 Å². The molecule has 32 heavy (non-hydrogen) atoms. The SMILES string of the molecule is CC(C)C(=O)c1cc2cnc(Cc3ccc(N4CCCCC4)cn3)nc2n1C1CCCC1. The molecule has 1 saturated heterocycles. The van der Waals surface area contributed by atoms with Crippen LogP contribution < -0.4 is 4.90 Å². The Kier molecular flexibility index (Phi) is 5.94. The van der Waals surface area contributed by atoms with Crippen LogP contribution in [0.1, 0.15) is 86.8 Å². The van der Waals surface area contributed by atoms with Crippen molar-refractivity contribution in [2.75, 3.05) is 18.0 Å². The zero-order valence-electron chi connectivity index (χ0n) is 19.3. The first-order valence-corrected chi connectivity index (χ1v) is 12.2. The summed E-state index contributed by atoms with van der Waals surface area (Å²) in [6, 6.07) is 6.62. The van der Waals surface area contributed by atoms with E-state index in [1.807, 2.05) is 32.3 Å². The second-order valence-corrected chi connectivity index (χ2v) is 9.65. The van der Waals surface area contributed by atoms with Crippen molar-refractivity contribution in [3.05, 3.63) is 47.8 Å². The monoisotopic (exact) mass is 431 g/mol. The summed E-state index contributed by atoms with van der Waals surface area (Å²) < 4.78 is 2.21. The van der Waals surface area contributed by atoms with Crippen molar-refractivity contribution in [1.29, 1.82) is 0 Å². The number of fused-ring (bicyclic) bond motifs is 1. The number of hydrogen-bond acceptors (Lipinski definition) is 5. The Hall–Kier alpha value is -2.76. The third-order valence-electron chi connectivity index (χ3n) is 6.96. The first-order chi connectivity index (χ1) is 15.6. The Morgan fingerprint density at radius 2 is 1.81 bits per heavy atom. The molecule has 3 aromatic rings. The van der Waals surface area contributed by atoms with Crippen LogP contribution >= 0.6 is 0 Å². The number of piperidine rings is 1. The summed E-state index contributed by atoms with van der Waals surface area (Å²) in [5.74, 6) is 0.914. The topological polar surface area (TPSA) is 63.9 Å². The van der Waals surface area contributed by atoms with E-state index in [0.717, 1.165) is 54.2 Å². The minimum absolute atomic E-state index is 0.0329. The van der Waals surface area contributed by atoms with Crippen LogP contribution in [0.3, 0.4) is 0 Å². The normalized spacial score (nSPS) is 17.5. The Morgan fingerprint density at radius 3 is 2.50 bits per heavy atom. The lowest BCUT2D eigenvalue weighted by molar-refractivity contribution is 0.0928. The molecule has 1 aliphatic carbocycles. The highest BCUT2D eigenvalue weighted by molar-refractivity contribution is 6.00. The van der Waals surface area contributed by atoms with Gasteiger partial charge >= 0.3 is 0 Å². The fourth-order valence-electron chi connectivity index (χ4n) is 5.17. The van der Waals surface area contributed by atoms with E-state index < -0.39 is 0 Å². The highest BCUT2D eigenvalue weighted by Gasteiger charge is 2.26. The molecule has 0 amide bonds. The molecule has 4 heterocycles. The number of pyridine rings is 1. The van der Waals surface area contributed by atoms with E-state index in [0.29, 0.717) is 12.5 Å². The van der Waals surface area contributed by atoms with Gasteiger partial charge in [-0.2, -0.15) is 0 Å². The lowest BCUT2D eigenvalue weighted by Gasteiger charge is -2.28. The number of ketones is 1. The maximum atomic E-state index is 12.9. The Bertz CT molecular complexity index is 1090. The van der Waals surface area contributed by atoms with Crippen molar-refractivity contribution in [2.24, 2.45) is 5.92 Å². The highest BCUT2D eigenvalue weighted by atomic mass is 16.1. The van der Waals surface area contributed by atoms with Crippen molar-refractivity contribution in [2.45, 2.75) is 71.3 Å². The number of anilines is 1. The van der Waals surface area contributed by atoms with Gasteiger partial charge in [0.1, 0.15) is 11.5 Å². The van der Waals surface area contributed by atoms with Gasteiger partial charge in [0.05, 0.1) is 24.0 Å². The lowest BCUT2D eigenvalue weighted by Crippen LogP contribution is -2.29. The summed E-state index contributed by atoms with van der Waals surface area (Å²) in [6.07, 6.45) is 13.0. The molecule has 3 aromatic heterocycles. The van der Waals surface area contributed by atoms with Crippen molar-refractivity contribution in [1.82, 2.24) is 19.5 Å². The van der Waals surface area contributed by atoms with Crippen LogP contribution in [-0.4, -0.2) is 38.4 Å². The third-order valence-corrected chi connectivity index (χ3v) is 6.96. The maximum Gasteiger partial charge on any atom is 0.181 e. The molecule has 5 rings (SSSR count). The van der Waals surface area contributed by atoms with Crippen molar-refractivity contribution < 1.29 is 4.79 Å². The molecule has 2 aliphatic rings. The lowest BCUT2D eigenvalue weighted by atomic mass is 10.1. The van der Waals surface area contributed by atoms with Gasteiger partial charge in [0.25, 0.3) is 0 Å². The zero-order chi connectivity index (χ0) is 22.1. The standard InChI is InChI=1S/C26H33N5O/c1-18(2)25(32)23-14-19-16-28-24(29-26(19)31(23)21-8-4-5-9-21)15-20-10-11-22(17-27-20)30-12-6-3-7-13-30/h10-11,14,16-18,21H,3-9,12-13,15H2,1-2H3. The fraction of sp³-hybridized carbons (Fsp3) is 0.538. The molecule has 2 fully saturated rings. The van der Waals surface area contributed by atoms with Crippen LogP contribution in [-0.2, 0) is 6.42 Å². The van der Waals surface area contributed by atoms with Crippen LogP contribution in [0.15, 0.2) is 30.6 Å². The first kappa shape index (κ1) is 21.1. The molecule has 1 saturated carbocycles. The summed E-state index contributed by atoms with van der Waals surface area (Å²) in [7, 11) is 0. The summed E-state index contributed by atoms with van der Waals surface area (Å²) in [6.45, 7) is 6.18. The number of carbonyl (C=O) groups is 1. The van der Waals surface area contributed by atoms with Gasteiger partial charge in [0, 0.05) is 42.3 Å². The second kappa shape index (κ2) is 9.00. The van der Waals surface area contributed by atoms with E-state index in [4.69, 9.17) is 9.97 Å². The van der Waals surface area contributed by atoms with Crippen molar-refractivity contribution >= 4 is 22.5 Å². The molecule has 0 bridgehead atoms. The minimum atomic E-state index is -0.0329. The maximum absolute atomic E-state index is 12.9. The van der Waals surface area contributed by atoms with Gasteiger partial charge in [-0.1, -0.05) is 26.7 Å². The molecule has 0 N–H and O–H groups in total. The van der Waals surface area contributed by atoms with Gasteiger partial charge in [-0.3, -0.25) is 9.78 Å². The molecular formula is C26H33N5O. The molecule has 6 nitrogen and oxygen atoms in total. The Morgan fingerprint density at radius 1 is 1.03 bits per heavy atom. The molecule has 6 heteroatoms. The van der Waals surface area contributed by atoms with E-state index in [9.17, 15) is 4.79 Å². The predicted octanol–water partition coefficient (Wildman–Crippen LogP) is 5.36. The Labute approximate surface area is 190 Å².